The van der Waals surface area contributed by atoms with E-state index in [1.54, 1.807) is 12.1 Å². The third-order valence-electron chi connectivity index (χ3n) is 5.70. The van der Waals surface area contributed by atoms with E-state index in [0.29, 0.717) is 19.6 Å². The van der Waals surface area contributed by atoms with Gasteiger partial charge in [-0.15, -0.1) is 0 Å². The highest BCUT2D eigenvalue weighted by Crippen LogP contribution is 2.24. The zero-order chi connectivity index (χ0) is 20.2. The van der Waals surface area contributed by atoms with Crippen molar-refractivity contribution < 1.29 is 9.90 Å². The zero-order valence-electron chi connectivity index (χ0n) is 16.7. The molecule has 0 aromatic heterocycles. The molecule has 2 N–H and O–H groups in total. The van der Waals surface area contributed by atoms with Crippen LogP contribution in [-0.4, -0.2) is 48.6 Å². The van der Waals surface area contributed by atoms with Gasteiger partial charge in [0.15, 0.2) is 0 Å². The number of carbonyl (C=O) groups is 1. The molecule has 3 aromatic rings. The molecular formula is C24H27N3O2. The lowest BCUT2D eigenvalue weighted by molar-refractivity contribution is -0.130. The first-order chi connectivity index (χ1) is 14.1. The molecule has 5 heteroatoms. The topological polar surface area (TPSA) is 55.8 Å². The first-order valence-electron chi connectivity index (χ1n) is 10.1. The fourth-order valence-electron chi connectivity index (χ4n) is 3.97. The molecular weight excluding hydrogens is 362 g/mol. The number of phenolic OH excluding ortho intramolecular Hbond substituents is 1. The average Bonchev–Trinajstić information content (AvgIpc) is 2.77. The zero-order valence-corrected chi connectivity index (χ0v) is 16.7. The Bertz CT molecular complexity index is 974. The first kappa shape index (κ1) is 19.3. The number of fused-ring (bicyclic) bond motifs is 1. The maximum atomic E-state index is 12.7. The summed E-state index contributed by atoms with van der Waals surface area (Å²) in [7, 11) is 0. The van der Waals surface area contributed by atoms with Gasteiger partial charge in [0.25, 0.3) is 0 Å². The molecule has 0 bridgehead atoms. The van der Waals surface area contributed by atoms with Crippen molar-refractivity contribution in [1.82, 2.24) is 10.2 Å². The van der Waals surface area contributed by atoms with Crippen LogP contribution in [0.15, 0.2) is 66.7 Å². The SMILES string of the molecule is C[C@H](NCC(=O)N1CCN(c2ccc(O)cc2)CC1)c1cccc2ccccc12. The minimum atomic E-state index is 0.100. The number of benzene rings is 3. The van der Waals surface area contributed by atoms with Gasteiger partial charge < -0.3 is 20.2 Å². The molecule has 0 radical (unpaired) electrons. The molecule has 0 spiro atoms. The third-order valence-corrected chi connectivity index (χ3v) is 5.70. The van der Waals surface area contributed by atoms with Gasteiger partial charge in [0.2, 0.25) is 5.91 Å². The summed E-state index contributed by atoms with van der Waals surface area (Å²) in [5.41, 5.74) is 2.30. The monoisotopic (exact) mass is 389 g/mol. The van der Waals surface area contributed by atoms with Gasteiger partial charge in [0.05, 0.1) is 6.54 Å². The molecule has 1 fully saturated rings. The maximum Gasteiger partial charge on any atom is 0.236 e. The van der Waals surface area contributed by atoms with Crippen molar-refractivity contribution in [1.29, 1.82) is 0 Å². The van der Waals surface area contributed by atoms with E-state index in [-0.39, 0.29) is 17.7 Å². The first-order valence-corrected chi connectivity index (χ1v) is 10.1. The van der Waals surface area contributed by atoms with Gasteiger partial charge >= 0.3 is 0 Å². The average molecular weight is 389 g/mol. The summed E-state index contributed by atoms with van der Waals surface area (Å²) in [5, 5.41) is 15.3. The van der Waals surface area contributed by atoms with Gasteiger partial charge in [-0.2, -0.15) is 0 Å². The predicted molar refractivity (Wildman–Crippen MR) is 117 cm³/mol. The smallest absolute Gasteiger partial charge is 0.236 e. The van der Waals surface area contributed by atoms with Gasteiger partial charge in [-0.3, -0.25) is 4.79 Å². The molecule has 0 saturated carbocycles. The number of nitrogens with zero attached hydrogens (tertiary/aromatic N) is 2. The van der Waals surface area contributed by atoms with Gasteiger partial charge in [-0.25, -0.2) is 0 Å². The van der Waals surface area contributed by atoms with Gasteiger partial charge in [-0.1, -0.05) is 42.5 Å². The molecule has 1 atom stereocenters. The van der Waals surface area contributed by atoms with E-state index in [0.717, 1.165) is 18.8 Å². The summed E-state index contributed by atoms with van der Waals surface area (Å²) < 4.78 is 0. The van der Waals surface area contributed by atoms with Crippen molar-refractivity contribution in [3.05, 3.63) is 72.3 Å². The minimum Gasteiger partial charge on any atom is -0.508 e. The number of nitrogens with one attached hydrogen (secondary N) is 1. The van der Waals surface area contributed by atoms with Crippen molar-refractivity contribution in [2.24, 2.45) is 0 Å². The van der Waals surface area contributed by atoms with Crippen LogP contribution >= 0.6 is 0 Å². The van der Waals surface area contributed by atoms with Crippen molar-refractivity contribution in [3.63, 3.8) is 0 Å². The summed E-state index contributed by atoms with van der Waals surface area (Å²) >= 11 is 0. The Balaban J connectivity index is 1.31. The van der Waals surface area contributed by atoms with Crippen molar-refractivity contribution >= 4 is 22.4 Å². The van der Waals surface area contributed by atoms with E-state index >= 15 is 0 Å². The number of hydrogen-bond acceptors (Lipinski definition) is 4. The Kier molecular flexibility index (Phi) is 5.67. The largest absolute Gasteiger partial charge is 0.508 e. The van der Waals surface area contributed by atoms with Gasteiger partial charge in [-0.05, 0) is 47.5 Å². The van der Waals surface area contributed by atoms with Crippen molar-refractivity contribution in [2.75, 3.05) is 37.6 Å². The van der Waals surface area contributed by atoms with Crippen LogP contribution < -0.4 is 10.2 Å². The Morgan fingerprint density at radius 3 is 2.41 bits per heavy atom. The number of hydrogen-bond donors (Lipinski definition) is 2. The second kappa shape index (κ2) is 8.53. The van der Waals surface area contributed by atoms with E-state index in [1.165, 1.54) is 16.3 Å². The fraction of sp³-hybridized carbons (Fsp3) is 0.292. The lowest BCUT2D eigenvalue weighted by atomic mass is 10.00. The molecule has 1 heterocycles. The number of phenols is 1. The van der Waals surface area contributed by atoms with E-state index in [9.17, 15) is 9.90 Å². The maximum absolute atomic E-state index is 12.7. The molecule has 150 valence electrons. The second-order valence-electron chi connectivity index (χ2n) is 7.56. The van der Waals surface area contributed by atoms with Crippen LogP contribution in [0.4, 0.5) is 5.69 Å². The Morgan fingerprint density at radius 2 is 1.66 bits per heavy atom. The Morgan fingerprint density at radius 1 is 0.966 bits per heavy atom. The Hall–Kier alpha value is -3.05. The molecule has 0 unspecified atom stereocenters. The number of piperazine rings is 1. The van der Waals surface area contributed by atoms with Crippen molar-refractivity contribution in [2.45, 2.75) is 13.0 Å². The standard InChI is InChI=1S/C24H27N3O2/c1-18(22-8-4-6-19-5-2-3-7-23(19)22)25-17-24(29)27-15-13-26(14-16-27)20-9-11-21(28)12-10-20/h2-12,18,25,28H,13-17H2,1H3/t18-/m0/s1. The molecule has 3 aromatic carbocycles. The highest BCUT2D eigenvalue weighted by molar-refractivity contribution is 5.86. The van der Waals surface area contributed by atoms with E-state index in [2.05, 4.69) is 53.5 Å². The van der Waals surface area contributed by atoms with Gasteiger partial charge in [0.1, 0.15) is 5.75 Å². The third kappa shape index (κ3) is 4.35. The Labute approximate surface area is 171 Å². The van der Waals surface area contributed by atoms with Gasteiger partial charge in [0, 0.05) is 37.9 Å². The number of anilines is 1. The minimum absolute atomic E-state index is 0.100. The van der Waals surface area contributed by atoms with E-state index in [1.807, 2.05) is 23.1 Å². The summed E-state index contributed by atoms with van der Waals surface area (Å²) in [6, 6.07) is 22.0. The van der Waals surface area contributed by atoms with Crippen LogP contribution in [0.5, 0.6) is 5.75 Å². The quantitative estimate of drug-likeness (QED) is 0.701. The van der Waals surface area contributed by atoms with Crippen LogP contribution in [0, 0.1) is 0 Å². The van der Waals surface area contributed by atoms with Crippen LogP contribution in [0.25, 0.3) is 10.8 Å². The fourth-order valence-corrected chi connectivity index (χ4v) is 3.97. The lowest BCUT2D eigenvalue weighted by Crippen LogP contribution is -2.51. The number of aromatic hydroxyl groups is 1. The highest BCUT2D eigenvalue weighted by Gasteiger charge is 2.21. The van der Waals surface area contributed by atoms with E-state index in [4.69, 9.17) is 0 Å². The molecule has 1 aliphatic heterocycles. The molecule has 5 nitrogen and oxygen atoms in total. The predicted octanol–water partition coefficient (Wildman–Crippen LogP) is 3.54. The molecule has 29 heavy (non-hydrogen) atoms. The summed E-state index contributed by atoms with van der Waals surface area (Å²) in [6.07, 6.45) is 0. The highest BCUT2D eigenvalue weighted by atomic mass is 16.3. The summed E-state index contributed by atoms with van der Waals surface area (Å²) in [6.45, 7) is 5.47. The number of amides is 1. The lowest BCUT2D eigenvalue weighted by Gasteiger charge is -2.36. The number of rotatable bonds is 5. The number of carbonyl (C=O) groups excluding carboxylic acids is 1. The van der Waals surface area contributed by atoms with Crippen LogP contribution in [0.1, 0.15) is 18.5 Å². The summed E-state index contributed by atoms with van der Waals surface area (Å²) in [4.78, 5) is 16.9. The molecule has 0 aliphatic carbocycles. The second-order valence-corrected chi connectivity index (χ2v) is 7.56. The molecule has 1 aliphatic rings. The molecule has 1 saturated heterocycles. The van der Waals surface area contributed by atoms with E-state index < -0.39 is 0 Å². The molecule has 1 amide bonds. The molecule has 4 rings (SSSR count). The normalized spacial score (nSPS) is 15.5. The van der Waals surface area contributed by atoms with Crippen LogP contribution in [0.2, 0.25) is 0 Å². The summed E-state index contributed by atoms with van der Waals surface area (Å²) in [5.74, 6) is 0.413. The van der Waals surface area contributed by atoms with Crippen LogP contribution in [-0.2, 0) is 4.79 Å². The van der Waals surface area contributed by atoms with Crippen molar-refractivity contribution in [3.8, 4) is 5.75 Å². The van der Waals surface area contributed by atoms with Crippen LogP contribution in [0.3, 0.4) is 0 Å².